The Hall–Kier alpha value is -4.56. The van der Waals surface area contributed by atoms with E-state index in [2.05, 4.69) is 35.7 Å². The number of hydrogen-bond donors (Lipinski definition) is 1. The number of ether oxygens (including phenoxy) is 2. The minimum atomic E-state index is -0.465. The molecule has 1 aromatic heterocycles. The topological polar surface area (TPSA) is 98.1 Å². The molecule has 47 heavy (non-hydrogen) atoms. The van der Waals surface area contributed by atoms with Crippen LogP contribution in [0.15, 0.2) is 87.6 Å². The number of nitrogens with one attached hydrogen (secondary N) is 1. The second-order valence-electron chi connectivity index (χ2n) is 12.7. The highest BCUT2D eigenvalue weighted by Crippen LogP contribution is 2.38. The third kappa shape index (κ3) is 7.08. The van der Waals surface area contributed by atoms with Crippen molar-refractivity contribution in [2.75, 3.05) is 13.3 Å². The molecule has 7 rings (SSSR count). The van der Waals surface area contributed by atoms with E-state index in [1.807, 2.05) is 29.2 Å². The van der Waals surface area contributed by atoms with Crippen LogP contribution in [0.5, 0.6) is 11.5 Å². The van der Waals surface area contributed by atoms with Crippen LogP contribution in [0, 0.1) is 0 Å². The van der Waals surface area contributed by atoms with Gasteiger partial charge in [-0.25, -0.2) is 0 Å². The van der Waals surface area contributed by atoms with Gasteiger partial charge < -0.3 is 24.1 Å². The van der Waals surface area contributed by atoms with Crippen LogP contribution in [0.1, 0.15) is 78.1 Å². The number of carbonyl (C=O) groups is 2. The van der Waals surface area contributed by atoms with Crippen LogP contribution < -0.4 is 20.2 Å². The largest absolute Gasteiger partial charge is 0.454 e. The predicted molar refractivity (Wildman–Crippen MR) is 180 cm³/mol. The summed E-state index contributed by atoms with van der Waals surface area (Å²) in [5.41, 5.74) is 4.84. The van der Waals surface area contributed by atoms with Crippen molar-refractivity contribution >= 4 is 34.4 Å². The van der Waals surface area contributed by atoms with Crippen molar-refractivity contribution in [3.05, 3.63) is 116 Å². The fraction of sp³-hybridized carbons (Fsp3) is 0.342. The van der Waals surface area contributed by atoms with Crippen molar-refractivity contribution in [1.82, 2.24) is 10.2 Å². The van der Waals surface area contributed by atoms with Crippen molar-refractivity contribution in [2.24, 2.45) is 0 Å². The predicted octanol–water partition coefficient (Wildman–Crippen LogP) is 7.31. The first-order valence-electron chi connectivity index (χ1n) is 16.4. The molecule has 4 aromatic rings. The van der Waals surface area contributed by atoms with E-state index in [4.69, 9.17) is 25.5 Å². The van der Waals surface area contributed by atoms with Gasteiger partial charge in [-0.2, -0.15) is 0 Å². The van der Waals surface area contributed by atoms with E-state index in [-0.39, 0.29) is 35.5 Å². The minimum Gasteiger partial charge on any atom is -0.454 e. The summed E-state index contributed by atoms with van der Waals surface area (Å²) in [4.78, 5) is 41.0. The molecule has 3 heterocycles. The van der Waals surface area contributed by atoms with E-state index in [1.165, 1.54) is 22.8 Å². The molecular formula is C38H37ClN2O6. The summed E-state index contributed by atoms with van der Waals surface area (Å²) >= 11 is 6.14. The van der Waals surface area contributed by atoms with Crippen LogP contribution >= 0.6 is 11.6 Å². The van der Waals surface area contributed by atoms with Gasteiger partial charge in [-0.05, 0) is 85.8 Å². The van der Waals surface area contributed by atoms with Crippen molar-refractivity contribution in [3.63, 3.8) is 0 Å². The van der Waals surface area contributed by atoms with Gasteiger partial charge in [0.05, 0.1) is 11.4 Å². The molecule has 2 amide bonds. The summed E-state index contributed by atoms with van der Waals surface area (Å²) in [6.07, 6.45) is 9.22. The Kier molecular flexibility index (Phi) is 9.03. The lowest BCUT2D eigenvalue weighted by Crippen LogP contribution is -2.36. The normalized spacial score (nSPS) is 18.3. The lowest BCUT2D eigenvalue weighted by Gasteiger charge is -2.31. The zero-order valence-electron chi connectivity index (χ0n) is 26.1. The number of likely N-dealkylation sites (tertiary alicyclic amines) is 1. The van der Waals surface area contributed by atoms with Crippen LogP contribution in [-0.4, -0.2) is 36.1 Å². The Morgan fingerprint density at radius 1 is 0.957 bits per heavy atom. The first-order valence-corrected chi connectivity index (χ1v) is 16.8. The SMILES string of the molecule is O=C(N[C@@H](C=C1CCC(c2ccccc2CN2CCCCC2=O)CC1)Cc1ccc(Cl)cc1)c1cc(=O)c2cc3c(cc2o1)OCO3. The van der Waals surface area contributed by atoms with Gasteiger partial charge in [0.25, 0.3) is 5.91 Å². The molecule has 3 aliphatic rings. The number of carbonyl (C=O) groups excluding carboxylic acids is 2. The standard InChI is InChI=1S/C38H37ClN2O6/c39-28-14-10-25(11-15-28)18-29(40-38(44)36-20-32(42)31-19-34-35(46-23-45-34)21-33(31)47-36)17-24-8-12-26(13-9-24)30-6-2-1-5-27(30)22-41-16-4-3-7-37(41)43/h1-2,5-6,10-11,14-15,17,19-21,26,29H,3-4,7-9,12-13,16,18,22-23H2,(H,40,44)/t26?,29-/m0/s1. The fourth-order valence-corrected chi connectivity index (χ4v) is 7.11. The van der Waals surface area contributed by atoms with Gasteiger partial charge in [0.2, 0.25) is 12.7 Å². The molecule has 0 radical (unpaired) electrons. The molecule has 2 fully saturated rings. The van der Waals surface area contributed by atoms with Crippen LogP contribution in [-0.2, 0) is 17.8 Å². The lowest BCUT2D eigenvalue weighted by molar-refractivity contribution is -0.133. The van der Waals surface area contributed by atoms with Crippen molar-refractivity contribution < 1.29 is 23.5 Å². The quantitative estimate of drug-likeness (QED) is 0.201. The Morgan fingerprint density at radius 3 is 2.51 bits per heavy atom. The van der Waals surface area contributed by atoms with Crippen molar-refractivity contribution in [2.45, 2.75) is 69.9 Å². The summed E-state index contributed by atoms with van der Waals surface area (Å²) in [6.45, 7) is 1.58. The molecule has 0 bridgehead atoms. The zero-order valence-corrected chi connectivity index (χ0v) is 26.9. The van der Waals surface area contributed by atoms with E-state index in [1.54, 1.807) is 12.1 Å². The highest BCUT2D eigenvalue weighted by molar-refractivity contribution is 6.30. The molecule has 9 heteroatoms. The summed E-state index contributed by atoms with van der Waals surface area (Å²) < 4.78 is 16.7. The van der Waals surface area contributed by atoms with Gasteiger partial charge in [-0.15, -0.1) is 0 Å². The number of piperidine rings is 1. The van der Waals surface area contributed by atoms with Gasteiger partial charge in [0, 0.05) is 36.7 Å². The highest BCUT2D eigenvalue weighted by atomic mass is 35.5. The van der Waals surface area contributed by atoms with Gasteiger partial charge in [0.1, 0.15) is 5.58 Å². The lowest BCUT2D eigenvalue weighted by atomic mass is 9.79. The van der Waals surface area contributed by atoms with Gasteiger partial charge in [-0.1, -0.05) is 59.6 Å². The highest BCUT2D eigenvalue weighted by Gasteiger charge is 2.25. The summed E-state index contributed by atoms with van der Waals surface area (Å²) in [7, 11) is 0. The second-order valence-corrected chi connectivity index (χ2v) is 13.1. The molecule has 0 spiro atoms. The molecule has 8 nitrogen and oxygen atoms in total. The third-order valence-electron chi connectivity index (χ3n) is 9.47. The van der Waals surface area contributed by atoms with E-state index in [9.17, 15) is 14.4 Å². The van der Waals surface area contributed by atoms with Gasteiger partial charge >= 0.3 is 0 Å². The minimum absolute atomic E-state index is 0.0617. The number of nitrogens with zero attached hydrogens (tertiary/aromatic N) is 1. The van der Waals surface area contributed by atoms with Crippen LogP contribution in [0.4, 0.5) is 0 Å². The van der Waals surface area contributed by atoms with Crippen molar-refractivity contribution in [3.8, 4) is 11.5 Å². The number of halogens is 1. The maximum Gasteiger partial charge on any atom is 0.287 e. The van der Waals surface area contributed by atoms with Gasteiger partial charge in [-0.3, -0.25) is 14.4 Å². The molecule has 0 unspecified atom stereocenters. The zero-order chi connectivity index (χ0) is 32.3. The molecule has 1 saturated carbocycles. The van der Waals surface area contributed by atoms with Crippen molar-refractivity contribution in [1.29, 1.82) is 0 Å². The smallest absolute Gasteiger partial charge is 0.287 e. The Labute approximate surface area is 278 Å². The second kappa shape index (κ2) is 13.7. The van der Waals surface area contributed by atoms with Gasteiger partial charge in [0.15, 0.2) is 22.7 Å². The average Bonchev–Trinajstić information content (AvgIpc) is 3.54. The summed E-state index contributed by atoms with van der Waals surface area (Å²) in [5.74, 6) is 1.09. The number of amides is 2. The Morgan fingerprint density at radius 2 is 1.72 bits per heavy atom. The Balaban J connectivity index is 1.08. The van der Waals surface area contributed by atoms with E-state index >= 15 is 0 Å². The number of benzene rings is 3. The maximum absolute atomic E-state index is 13.6. The first-order chi connectivity index (χ1) is 22.9. The fourth-order valence-electron chi connectivity index (χ4n) is 6.98. The molecule has 1 saturated heterocycles. The number of rotatable bonds is 8. The van der Waals surface area contributed by atoms with E-state index < -0.39 is 5.91 Å². The Bertz CT molecular complexity index is 1890. The molecule has 1 atom stereocenters. The summed E-state index contributed by atoms with van der Waals surface area (Å²) in [5, 5.41) is 4.09. The molecule has 2 aliphatic heterocycles. The van der Waals surface area contributed by atoms with Crippen LogP contribution in [0.25, 0.3) is 11.0 Å². The third-order valence-corrected chi connectivity index (χ3v) is 9.73. The average molecular weight is 653 g/mol. The first kappa shape index (κ1) is 31.1. The van der Waals surface area contributed by atoms with Crippen LogP contribution in [0.3, 0.4) is 0 Å². The number of fused-ring (bicyclic) bond motifs is 2. The molecular weight excluding hydrogens is 616 g/mol. The van der Waals surface area contributed by atoms with E-state index in [0.29, 0.717) is 47.2 Å². The maximum atomic E-state index is 13.6. The molecule has 1 N–H and O–H groups in total. The van der Waals surface area contributed by atoms with Crippen LogP contribution in [0.2, 0.25) is 5.02 Å². The monoisotopic (exact) mass is 652 g/mol. The molecule has 3 aromatic carbocycles. The number of allylic oxidation sites excluding steroid dienone is 1. The summed E-state index contributed by atoms with van der Waals surface area (Å²) in [6, 6.07) is 20.2. The molecule has 242 valence electrons. The van der Waals surface area contributed by atoms with E-state index in [0.717, 1.165) is 50.6 Å². The number of hydrogen-bond acceptors (Lipinski definition) is 6. The molecule has 1 aliphatic carbocycles.